The Kier molecular flexibility index (Phi) is 7.17. The number of aryl methyl sites for hydroxylation is 1. The second kappa shape index (κ2) is 9.41. The topological polar surface area (TPSA) is 49.2 Å². The van der Waals surface area contributed by atoms with Gasteiger partial charge in [-0.1, -0.05) is 12.1 Å². The molecule has 1 aromatic carbocycles. The van der Waals surface area contributed by atoms with E-state index in [0.717, 1.165) is 64.6 Å². The number of hydrogen-bond acceptors (Lipinski definition) is 6. The van der Waals surface area contributed by atoms with Crippen LogP contribution in [0.25, 0.3) is 10.1 Å². The predicted octanol–water partition coefficient (Wildman–Crippen LogP) is 3.15. The van der Waals surface area contributed by atoms with Crippen LogP contribution >= 0.6 is 36.3 Å². The zero-order valence-electron chi connectivity index (χ0n) is 15.7. The SMILES string of the molecule is Cl.Cl.c1ccc2c(N3CCN(Cc4cc5n(n4)CCCNC5)CC3)nsc2c1. The number of halogens is 2. The molecule has 2 aliphatic heterocycles. The van der Waals surface area contributed by atoms with E-state index in [0.29, 0.717) is 0 Å². The summed E-state index contributed by atoms with van der Waals surface area (Å²) >= 11 is 1.60. The van der Waals surface area contributed by atoms with E-state index in [9.17, 15) is 0 Å². The van der Waals surface area contributed by atoms with Crippen molar-refractivity contribution in [2.45, 2.75) is 26.1 Å². The van der Waals surface area contributed by atoms with Crippen molar-refractivity contribution in [1.82, 2.24) is 24.4 Å². The Morgan fingerprint density at radius 1 is 1.04 bits per heavy atom. The summed E-state index contributed by atoms with van der Waals surface area (Å²) in [5.74, 6) is 1.16. The maximum absolute atomic E-state index is 4.83. The van der Waals surface area contributed by atoms with Crippen LogP contribution in [0, 0.1) is 0 Å². The Hall–Kier alpha value is -1.38. The molecule has 0 radical (unpaired) electrons. The van der Waals surface area contributed by atoms with E-state index in [2.05, 4.69) is 50.1 Å². The van der Waals surface area contributed by atoms with Crippen molar-refractivity contribution in [2.24, 2.45) is 0 Å². The number of anilines is 1. The first kappa shape index (κ1) is 21.3. The molecule has 0 amide bonds. The smallest absolute Gasteiger partial charge is 0.150 e. The summed E-state index contributed by atoms with van der Waals surface area (Å²) in [4.78, 5) is 4.95. The maximum atomic E-state index is 4.83. The van der Waals surface area contributed by atoms with E-state index in [4.69, 9.17) is 9.47 Å². The Morgan fingerprint density at radius 2 is 1.86 bits per heavy atom. The molecule has 28 heavy (non-hydrogen) atoms. The number of nitrogens with zero attached hydrogens (tertiary/aromatic N) is 5. The maximum Gasteiger partial charge on any atom is 0.150 e. The van der Waals surface area contributed by atoms with Crippen LogP contribution in [-0.4, -0.2) is 51.8 Å². The predicted molar refractivity (Wildman–Crippen MR) is 120 cm³/mol. The van der Waals surface area contributed by atoms with Crippen LogP contribution in [0.5, 0.6) is 0 Å². The highest BCUT2D eigenvalue weighted by molar-refractivity contribution is 7.13. The van der Waals surface area contributed by atoms with Gasteiger partial charge in [-0.05, 0) is 42.7 Å². The quantitative estimate of drug-likeness (QED) is 0.677. The first-order valence-corrected chi connectivity index (χ1v) is 10.2. The molecular formula is C19H26Cl2N6S. The fraction of sp³-hybridized carbons (Fsp3) is 0.474. The number of fused-ring (bicyclic) bond motifs is 2. The van der Waals surface area contributed by atoms with Gasteiger partial charge in [0.05, 0.1) is 16.1 Å². The molecule has 4 heterocycles. The zero-order chi connectivity index (χ0) is 17.3. The number of nitrogens with one attached hydrogen (secondary N) is 1. The third-order valence-corrected chi connectivity index (χ3v) is 6.18. The number of hydrogen-bond donors (Lipinski definition) is 1. The Labute approximate surface area is 181 Å². The molecule has 6 nitrogen and oxygen atoms in total. The average molecular weight is 441 g/mol. The van der Waals surface area contributed by atoms with E-state index < -0.39 is 0 Å². The summed E-state index contributed by atoms with van der Waals surface area (Å²) in [6.45, 7) is 8.20. The van der Waals surface area contributed by atoms with Crippen molar-refractivity contribution in [3.05, 3.63) is 41.7 Å². The molecule has 2 aliphatic rings. The molecule has 0 unspecified atom stereocenters. The van der Waals surface area contributed by atoms with Crippen LogP contribution in [0.15, 0.2) is 30.3 Å². The van der Waals surface area contributed by atoms with Gasteiger partial charge in [0.2, 0.25) is 0 Å². The van der Waals surface area contributed by atoms with Crippen LogP contribution in [0.4, 0.5) is 5.82 Å². The van der Waals surface area contributed by atoms with Crippen molar-refractivity contribution in [3.8, 4) is 0 Å². The third kappa shape index (κ3) is 4.28. The van der Waals surface area contributed by atoms with Crippen LogP contribution in [0.1, 0.15) is 17.8 Å². The highest BCUT2D eigenvalue weighted by Crippen LogP contribution is 2.29. The standard InChI is InChI=1S/C19H24N6S.2ClH/c1-2-5-18-17(4-1)19(22-26-18)24-10-8-23(9-11-24)14-15-12-16-13-20-6-3-7-25(16)21-15;;/h1-2,4-5,12,20H,3,6-11,13-14H2;2*1H. The molecule has 0 bridgehead atoms. The Balaban J connectivity index is 0.00000112. The van der Waals surface area contributed by atoms with E-state index >= 15 is 0 Å². The fourth-order valence-corrected chi connectivity index (χ4v) is 4.74. The normalized spacial score (nSPS) is 17.5. The van der Waals surface area contributed by atoms with Crippen molar-refractivity contribution in [2.75, 3.05) is 37.6 Å². The molecule has 152 valence electrons. The Bertz CT molecular complexity index is 879. The van der Waals surface area contributed by atoms with E-state index in [1.807, 2.05) is 0 Å². The van der Waals surface area contributed by atoms with E-state index in [1.54, 1.807) is 11.5 Å². The summed E-state index contributed by atoms with van der Waals surface area (Å²) in [6, 6.07) is 10.8. The van der Waals surface area contributed by atoms with Gasteiger partial charge in [0.25, 0.3) is 0 Å². The van der Waals surface area contributed by atoms with Gasteiger partial charge < -0.3 is 10.2 Å². The molecule has 0 aliphatic carbocycles. The van der Waals surface area contributed by atoms with Gasteiger partial charge in [-0.2, -0.15) is 9.47 Å². The lowest BCUT2D eigenvalue weighted by atomic mass is 10.2. The summed E-state index contributed by atoms with van der Waals surface area (Å²) in [5, 5.41) is 9.58. The molecule has 0 atom stereocenters. The Morgan fingerprint density at radius 3 is 2.71 bits per heavy atom. The van der Waals surface area contributed by atoms with Gasteiger partial charge in [0.1, 0.15) is 5.82 Å². The van der Waals surface area contributed by atoms with Crippen LogP contribution in [-0.2, 0) is 19.6 Å². The van der Waals surface area contributed by atoms with Gasteiger partial charge in [0.15, 0.2) is 0 Å². The van der Waals surface area contributed by atoms with Crippen LogP contribution < -0.4 is 10.2 Å². The minimum atomic E-state index is 0. The molecule has 1 saturated heterocycles. The van der Waals surface area contributed by atoms with Gasteiger partial charge in [0, 0.05) is 51.2 Å². The van der Waals surface area contributed by atoms with Gasteiger partial charge in [-0.3, -0.25) is 9.58 Å². The molecule has 1 N–H and O–H groups in total. The second-order valence-electron chi connectivity index (χ2n) is 7.15. The first-order valence-electron chi connectivity index (χ1n) is 9.45. The number of aromatic nitrogens is 3. The molecular weight excluding hydrogens is 415 g/mol. The van der Waals surface area contributed by atoms with Gasteiger partial charge in [-0.15, -0.1) is 24.8 Å². The highest BCUT2D eigenvalue weighted by Gasteiger charge is 2.22. The number of benzene rings is 1. The molecule has 0 saturated carbocycles. The minimum absolute atomic E-state index is 0. The fourth-order valence-electron chi connectivity index (χ4n) is 3.95. The molecule has 3 aromatic rings. The summed E-state index contributed by atoms with van der Waals surface area (Å²) in [7, 11) is 0. The second-order valence-corrected chi connectivity index (χ2v) is 7.95. The van der Waals surface area contributed by atoms with Gasteiger partial charge in [-0.25, -0.2) is 0 Å². The van der Waals surface area contributed by atoms with E-state index in [1.165, 1.54) is 21.5 Å². The van der Waals surface area contributed by atoms with Crippen molar-refractivity contribution >= 4 is 52.3 Å². The lowest BCUT2D eigenvalue weighted by Crippen LogP contribution is -2.46. The molecule has 2 aromatic heterocycles. The summed E-state index contributed by atoms with van der Waals surface area (Å²) in [6.07, 6.45) is 1.16. The molecule has 9 heteroatoms. The number of rotatable bonds is 3. The van der Waals surface area contributed by atoms with E-state index in [-0.39, 0.29) is 24.8 Å². The van der Waals surface area contributed by atoms with Crippen molar-refractivity contribution in [1.29, 1.82) is 0 Å². The highest BCUT2D eigenvalue weighted by atomic mass is 35.5. The number of piperazine rings is 1. The first-order chi connectivity index (χ1) is 12.9. The summed E-state index contributed by atoms with van der Waals surface area (Å²) < 4.78 is 8.17. The lowest BCUT2D eigenvalue weighted by Gasteiger charge is -2.34. The van der Waals surface area contributed by atoms with Crippen molar-refractivity contribution in [3.63, 3.8) is 0 Å². The van der Waals surface area contributed by atoms with Crippen molar-refractivity contribution < 1.29 is 0 Å². The van der Waals surface area contributed by atoms with Crippen LogP contribution in [0.3, 0.4) is 0 Å². The molecule has 5 rings (SSSR count). The average Bonchev–Trinajstić information content (AvgIpc) is 3.20. The molecule has 1 fully saturated rings. The molecule has 0 spiro atoms. The zero-order valence-corrected chi connectivity index (χ0v) is 18.2. The monoisotopic (exact) mass is 440 g/mol. The minimum Gasteiger partial charge on any atom is -0.353 e. The van der Waals surface area contributed by atoms with Crippen LogP contribution in [0.2, 0.25) is 0 Å². The largest absolute Gasteiger partial charge is 0.353 e. The summed E-state index contributed by atoms with van der Waals surface area (Å²) in [5.41, 5.74) is 2.53. The van der Waals surface area contributed by atoms with Gasteiger partial charge >= 0.3 is 0 Å². The third-order valence-electron chi connectivity index (χ3n) is 5.36. The lowest BCUT2D eigenvalue weighted by molar-refractivity contribution is 0.246.